The van der Waals surface area contributed by atoms with Crippen LogP contribution in [0.2, 0.25) is 0 Å². The van der Waals surface area contributed by atoms with Gasteiger partial charge >= 0.3 is 0 Å². The normalized spacial score (nSPS) is 11.6. The molecule has 1 nitrogen and oxygen atoms in total. The maximum atomic E-state index is 3.55. The van der Waals surface area contributed by atoms with Crippen molar-refractivity contribution in [1.29, 1.82) is 0 Å². The van der Waals surface area contributed by atoms with Crippen molar-refractivity contribution in [3.05, 3.63) is 47.5 Å². The molecule has 0 aliphatic rings. The monoisotopic (exact) mass is 435 g/mol. The van der Waals surface area contributed by atoms with Crippen molar-refractivity contribution in [3.8, 4) is 0 Å². The summed E-state index contributed by atoms with van der Waals surface area (Å²) >= 11 is 7.03. The zero-order valence-electron chi connectivity index (χ0n) is 13.4. The minimum atomic E-state index is 1.10. The summed E-state index contributed by atoms with van der Waals surface area (Å²) in [6.45, 7) is 0. The Morgan fingerprint density at radius 2 is 1.13 bits per heavy atom. The van der Waals surface area contributed by atoms with E-state index in [9.17, 15) is 0 Å². The van der Waals surface area contributed by atoms with Gasteiger partial charge in [0.2, 0.25) is 0 Å². The molecular weight excluding hydrogens is 414 g/mol. The standard InChI is InChI=1S/C20H23Br2N/c21-11-3-1-5-15-7-9-19-17(13-15)18-14-16(6-2-4-12-22)8-10-20(18)23-19/h7-10,13-14,23H,1-6,11-12H2. The van der Waals surface area contributed by atoms with Crippen molar-refractivity contribution < 1.29 is 0 Å². The molecule has 122 valence electrons. The molecule has 0 spiro atoms. The largest absolute Gasteiger partial charge is 0.355 e. The first-order valence-corrected chi connectivity index (χ1v) is 10.7. The van der Waals surface area contributed by atoms with Crippen LogP contribution in [0.5, 0.6) is 0 Å². The molecule has 0 bridgehead atoms. The lowest BCUT2D eigenvalue weighted by Crippen LogP contribution is -1.87. The van der Waals surface area contributed by atoms with E-state index < -0.39 is 0 Å². The van der Waals surface area contributed by atoms with Gasteiger partial charge in [-0.25, -0.2) is 0 Å². The van der Waals surface area contributed by atoms with E-state index in [-0.39, 0.29) is 0 Å². The maximum Gasteiger partial charge on any atom is 0.0465 e. The molecule has 3 rings (SSSR count). The minimum Gasteiger partial charge on any atom is -0.355 e. The summed E-state index contributed by atoms with van der Waals surface area (Å²) in [6, 6.07) is 13.8. The van der Waals surface area contributed by atoms with Gasteiger partial charge in [-0.3, -0.25) is 0 Å². The molecule has 0 aliphatic heterocycles. The highest BCUT2D eigenvalue weighted by Gasteiger charge is 2.06. The van der Waals surface area contributed by atoms with E-state index in [0.717, 1.165) is 10.7 Å². The van der Waals surface area contributed by atoms with Gasteiger partial charge in [0, 0.05) is 32.5 Å². The van der Waals surface area contributed by atoms with Crippen LogP contribution >= 0.6 is 31.9 Å². The Morgan fingerprint density at radius 3 is 1.57 bits per heavy atom. The third-order valence-corrected chi connectivity index (χ3v) is 5.55. The zero-order valence-corrected chi connectivity index (χ0v) is 16.5. The number of benzene rings is 2. The number of halogens is 2. The molecule has 0 saturated carbocycles. The number of hydrogen-bond acceptors (Lipinski definition) is 0. The number of rotatable bonds is 8. The van der Waals surface area contributed by atoms with Gasteiger partial charge in [0.25, 0.3) is 0 Å². The van der Waals surface area contributed by atoms with Crippen molar-refractivity contribution >= 4 is 53.7 Å². The predicted octanol–water partition coefficient (Wildman–Crippen LogP) is 6.76. The van der Waals surface area contributed by atoms with E-state index >= 15 is 0 Å². The molecule has 3 heteroatoms. The molecule has 23 heavy (non-hydrogen) atoms. The second kappa shape index (κ2) is 8.34. The molecule has 1 N–H and O–H groups in total. The van der Waals surface area contributed by atoms with Gasteiger partial charge in [-0.2, -0.15) is 0 Å². The number of fused-ring (bicyclic) bond motifs is 3. The van der Waals surface area contributed by atoms with Gasteiger partial charge < -0.3 is 4.98 Å². The smallest absolute Gasteiger partial charge is 0.0465 e. The van der Waals surface area contributed by atoms with Crippen LogP contribution in [0.4, 0.5) is 0 Å². The van der Waals surface area contributed by atoms with Gasteiger partial charge in [0.15, 0.2) is 0 Å². The second-order valence-electron chi connectivity index (χ2n) is 6.18. The molecule has 0 aliphatic carbocycles. The van der Waals surface area contributed by atoms with E-state index in [0.29, 0.717) is 0 Å². The highest BCUT2D eigenvalue weighted by atomic mass is 79.9. The van der Waals surface area contributed by atoms with E-state index in [1.807, 2.05) is 0 Å². The van der Waals surface area contributed by atoms with Gasteiger partial charge in [0.05, 0.1) is 0 Å². The van der Waals surface area contributed by atoms with Gasteiger partial charge in [-0.1, -0.05) is 44.0 Å². The number of H-pyrrole nitrogens is 1. The van der Waals surface area contributed by atoms with Crippen LogP contribution in [0.15, 0.2) is 36.4 Å². The molecule has 2 aromatic carbocycles. The van der Waals surface area contributed by atoms with E-state index in [4.69, 9.17) is 0 Å². The number of hydrogen-bond donors (Lipinski definition) is 1. The Bertz CT molecular complexity index is 712. The van der Waals surface area contributed by atoms with Crippen LogP contribution in [0, 0.1) is 0 Å². The van der Waals surface area contributed by atoms with Crippen LogP contribution in [0.25, 0.3) is 21.8 Å². The summed E-state index contributed by atoms with van der Waals surface area (Å²) in [4.78, 5) is 3.55. The fraction of sp³-hybridized carbons (Fsp3) is 0.400. The average Bonchev–Trinajstić information content (AvgIpc) is 2.93. The number of alkyl halides is 2. The van der Waals surface area contributed by atoms with Crippen molar-refractivity contribution in [2.75, 3.05) is 10.7 Å². The summed E-state index contributed by atoms with van der Waals surface area (Å²) in [5.41, 5.74) is 5.40. The molecular formula is C20H23Br2N. The first kappa shape index (κ1) is 17.0. The van der Waals surface area contributed by atoms with Crippen LogP contribution in [-0.4, -0.2) is 15.6 Å². The number of aromatic nitrogens is 1. The molecule has 0 fully saturated rings. The molecule has 1 heterocycles. The summed E-state index contributed by atoms with van der Waals surface area (Å²) in [7, 11) is 0. The quantitative estimate of drug-likeness (QED) is 0.296. The first-order valence-electron chi connectivity index (χ1n) is 8.47. The highest BCUT2D eigenvalue weighted by molar-refractivity contribution is 9.09. The Balaban J connectivity index is 1.89. The average molecular weight is 437 g/mol. The van der Waals surface area contributed by atoms with E-state index in [1.54, 1.807) is 0 Å². The molecule has 0 saturated heterocycles. The van der Waals surface area contributed by atoms with Crippen LogP contribution in [0.3, 0.4) is 0 Å². The van der Waals surface area contributed by atoms with E-state index in [1.165, 1.54) is 71.5 Å². The number of aromatic amines is 1. The van der Waals surface area contributed by atoms with Gasteiger partial charge in [-0.05, 0) is 73.9 Å². The van der Waals surface area contributed by atoms with Crippen LogP contribution in [-0.2, 0) is 12.8 Å². The minimum absolute atomic E-state index is 1.10. The second-order valence-corrected chi connectivity index (χ2v) is 7.76. The fourth-order valence-corrected chi connectivity index (χ4v) is 3.94. The number of nitrogens with one attached hydrogen (secondary N) is 1. The molecule has 3 aromatic rings. The summed E-state index contributed by atoms with van der Waals surface area (Å²) < 4.78 is 0. The highest BCUT2D eigenvalue weighted by Crippen LogP contribution is 2.28. The number of aryl methyl sites for hydroxylation is 2. The molecule has 0 amide bonds. The van der Waals surface area contributed by atoms with Crippen molar-refractivity contribution in [2.45, 2.75) is 38.5 Å². The van der Waals surface area contributed by atoms with E-state index in [2.05, 4.69) is 73.2 Å². The Hall–Kier alpha value is -0.800. The Kier molecular flexibility index (Phi) is 6.18. The summed E-state index contributed by atoms with van der Waals surface area (Å²) in [6.07, 6.45) is 7.30. The molecule has 0 atom stereocenters. The van der Waals surface area contributed by atoms with Crippen molar-refractivity contribution in [3.63, 3.8) is 0 Å². The zero-order chi connectivity index (χ0) is 16.1. The topological polar surface area (TPSA) is 15.8 Å². The molecule has 0 radical (unpaired) electrons. The molecule has 1 aromatic heterocycles. The third-order valence-electron chi connectivity index (χ3n) is 4.43. The van der Waals surface area contributed by atoms with Crippen molar-refractivity contribution in [2.24, 2.45) is 0 Å². The van der Waals surface area contributed by atoms with Crippen molar-refractivity contribution in [1.82, 2.24) is 4.98 Å². The van der Waals surface area contributed by atoms with Gasteiger partial charge in [-0.15, -0.1) is 0 Å². The lowest BCUT2D eigenvalue weighted by Gasteiger charge is -2.02. The SMILES string of the molecule is BrCCCCc1ccc2[nH]c3ccc(CCCCBr)cc3c2c1. The first-order chi connectivity index (χ1) is 11.3. The molecule has 0 unspecified atom stereocenters. The Morgan fingerprint density at radius 1 is 0.652 bits per heavy atom. The lowest BCUT2D eigenvalue weighted by atomic mass is 10.0. The Labute approximate surface area is 155 Å². The number of unbranched alkanes of at least 4 members (excludes halogenated alkanes) is 2. The summed E-state index contributed by atoms with van der Waals surface area (Å²) in [5, 5.41) is 4.94. The maximum absolute atomic E-state index is 3.55. The lowest BCUT2D eigenvalue weighted by molar-refractivity contribution is 0.806. The fourth-order valence-electron chi connectivity index (χ4n) is 3.15. The van der Waals surface area contributed by atoms with Gasteiger partial charge in [0.1, 0.15) is 0 Å². The summed E-state index contributed by atoms with van der Waals surface area (Å²) in [5.74, 6) is 0. The van der Waals surface area contributed by atoms with Crippen LogP contribution in [0.1, 0.15) is 36.8 Å². The van der Waals surface area contributed by atoms with Crippen LogP contribution < -0.4 is 0 Å². The predicted molar refractivity (Wildman–Crippen MR) is 109 cm³/mol. The third kappa shape index (κ3) is 4.19.